The molecule has 2 aromatic rings. The molecule has 122 valence electrons. The van der Waals surface area contributed by atoms with Crippen LogP contribution in [0.25, 0.3) is 10.9 Å². The number of nitrogens with zero attached hydrogens (tertiary/aromatic N) is 3. The quantitative estimate of drug-likeness (QED) is 0.871. The fourth-order valence-corrected chi connectivity index (χ4v) is 2.81. The lowest BCUT2D eigenvalue weighted by Crippen LogP contribution is -2.50. The van der Waals surface area contributed by atoms with Crippen molar-refractivity contribution in [2.45, 2.75) is 18.9 Å². The number of amides is 2. The molecule has 2 N–H and O–H groups in total. The van der Waals surface area contributed by atoms with E-state index in [0.717, 1.165) is 19.4 Å². The van der Waals surface area contributed by atoms with Crippen LogP contribution in [0.15, 0.2) is 29.1 Å². The van der Waals surface area contributed by atoms with Crippen molar-refractivity contribution in [2.75, 3.05) is 32.1 Å². The van der Waals surface area contributed by atoms with Crippen LogP contribution in [-0.2, 0) is 0 Å². The Balaban J connectivity index is 1.81. The molecule has 0 spiro atoms. The summed E-state index contributed by atoms with van der Waals surface area (Å²) in [6.07, 6.45) is 1.86. The fraction of sp³-hybridized carbons (Fsp3) is 0.438. The molecular weight excluding hydrogens is 294 g/mol. The molecule has 0 radical (unpaired) electrons. The van der Waals surface area contributed by atoms with Gasteiger partial charge in [0.05, 0.1) is 10.9 Å². The van der Waals surface area contributed by atoms with Crippen LogP contribution in [0.4, 0.5) is 10.7 Å². The van der Waals surface area contributed by atoms with Gasteiger partial charge in [0.25, 0.3) is 5.56 Å². The molecule has 23 heavy (non-hydrogen) atoms. The first kappa shape index (κ1) is 15.3. The molecule has 1 fully saturated rings. The van der Waals surface area contributed by atoms with Gasteiger partial charge in [0.2, 0.25) is 5.95 Å². The number of benzene rings is 1. The number of fused-ring (bicyclic) bond motifs is 1. The van der Waals surface area contributed by atoms with Gasteiger partial charge in [0.1, 0.15) is 0 Å². The highest BCUT2D eigenvalue weighted by Gasteiger charge is 2.23. The first-order chi connectivity index (χ1) is 11.0. The molecule has 1 saturated heterocycles. The molecule has 2 amide bonds. The molecule has 7 nitrogen and oxygen atoms in total. The first-order valence-electron chi connectivity index (χ1n) is 7.76. The van der Waals surface area contributed by atoms with Gasteiger partial charge >= 0.3 is 6.03 Å². The predicted octanol–water partition coefficient (Wildman–Crippen LogP) is 1.16. The number of hydrogen-bond acceptors (Lipinski definition) is 4. The molecule has 1 aromatic heterocycles. The van der Waals surface area contributed by atoms with Crippen LogP contribution in [0.5, 0.6) is 0 Å². The van der Waals surface area contributed by atoms with Crippen LogP contribution in [0.3, 0.4) is 0 Å². The van der Waals surface area contributed by atoms with Gasteiger partial charge < -0.3 is 15.1 Å². The van der Waals surface area contributed by atoms with Crippen molar-refractivity contribution >= 4 is 22.9 Å². The van der Waals surface area contributed by atoms with Crippen molar-refractivity contribution in [1.29, 1.82) is 0 Å². The maximum Gasteiger partial charge on any atom is 0.317 e. The third kappa shape index (κ3) is 3.28. The summed E-state index contributed by atoms with van der Waals surface area (Å²) in [6.45, 7) is 1.45. The maximum absolute atomic E-state index is 12.2. The zero-order valence-electron chi connectivity index (χ0n) is 13.4. The molecule has 1 aromatic carbocycles. The normalized spacial score (nSPS) is 18.0. The monoisotopic (exact) mass is 315 g/mol. The number of urea groups is 1. The Labute approximate surface area is 134 Å². The Morgan fingerprint density at radius 1 is 1.39 bits per heavy atom. The average molecular weight is 315 g/mol. The highest BCUT2D eigenvalue weighted by atomic mass is 16.2. The molecule has 1 aliphatic heterocycles. The van der Waals surface area contributed by atoms with Crippen LogP contribution in [0.1, 0.15) is 12.8 Å². The zero-order valence-corrected chi connectivity index (χ0v) is 13.4. The number of nitrogens with one attached hydrogen (secondary N) is 2. The van der Waals surface area contributed by atoms with Gasteiger partial charge in [-0.1, -0.05) is 12.1 Å². The summed E-state index contributed by atoms with van der Waals surface area (Å²) in [6, 6.07) is 7.25. The third-order valence-electron chi connectivity index (χ3n) is 4.06. The Hall–Kier alpha value is -2.57. The molecular formula is C16H21N5O2. The van der Waals surface area contributed by atoms with E-state index in [1.807, 2.05) is 23.1 Å². The fourth-order valence-electron chi connectivity index (χ4n) is 2.81. The van der Waals surface area contributed by atoms with E-state index in [2.05, 4.69) is 15.3 Å². The number of aromatic amines is 1. The van der Waals surface area contributed by atoms with Gasteiger partial charge in [-0.05, 0) is 25.0 Å². The van der Waals surface area contributed by atoms with Crippen molar-refractivity contribution in [2.24, 2.45) is 0 Å². The number of carbonyl (C=O) groups is 1. The molecule has 0 saturated carbocycles. The smallest absolute Gasteiger partial charge is 0.317 e. The number of anilines is 1. The summed E-state index contributed by atoms with van der Waals surface area (Å²) in [5.41, 5.74) is 0.552. The molecule has 0 bridgehead atoms. The van der Waals surface area contributed by atoms with E-state index in [9.17, 15) is 9.59 Å². The Morgan fingerprint density at radius 3 is 2.96 bits per heavy atom. The average Bonchev–Trinajstić information content (AvgIpc) is 2.55. The van der Waals surface area contributed by atoms with E-state index in [0.29, 0.717) is 23.4 Å². The minimum absolute atomic E-state index is 0.0513. The molecule has 1 atom stereocenters. The minimum atomic E-state index is -0.134. The van der Waals surface area contributed by atoms with Crippen LogP contribution in [0.2, 0.25) is 0 Å². The largest absolute Gasteiger partial charge is 0.340 e. The second kappa shape index (κ2) is 6.28. The number of H-pyrrole nitrogens is 1. The van der Waals surface area contributed by atoms with E-state index in [-0.39, 0.29) is 17.6 Å². The standard InChI is InChI=1S/C16H21N5O2/c1-20(2)16(23)17-11-6-5-9-21(10-11)15-18-13-8-4-3-7-12(13)14(22)19-15/h3-4,7-8,11H,5-6,9-10H2,1-2H3,(H,17,23)(H,18,19,22). The second-order valence-corrected chi connectivity index (χ2v) is 6.04. The molecule has 0 aliphatic carbocycles. The van der Waals surface area contributed by atoms with Crippen molar-refractivity contribution in [1.82, 2.24) is 20.2 Å². The molecule has 7 heteroatoms. The summed E-state index contributed by atoms with van der Waals surface area (Å²) < 4.78 is 0. The number of piperidine rings is 1. The van der Waals surface area contributed by atoms with E-state index in [1.165, 1.54) is 4.90 Å². The molecule has 2 heterocycles. The summed E-state index contributed by atoms with van der Waals surface area (Å²) in [4.78, 5) is 35.0. The van der Waals surface area contributed by atoms with E-state index < -0.39 is 0 Å². The summed E-state index contributed by atoms with van der Waals surface area (Å²) in [5, 5.41) is 3.58. The summed E-state index contributed by atoms with van der Waals surface area (Å²) in [7, 11) is 3.44. The van der Waals surface area contributed by atoms with Crippen molar-refractivity contribution in [3.05, 3.63) is 34.6 Å². The number of aromatic nitrogens is 2. The van der Waals surface area contributed by atoms with Crippen molar-refractivity contribution in [3.8, 4) is 0 Å². The molecule has 1 aliphatic rings. The number of hydrogen-bond donors (Lipinski definition) is 2. The van der Waals surface area contributed by atoms with Crippen molar-refractivity contribution in [3.63, 3.8) is 0 Å². The maximum atomic E-state index is 12.2. The van der Waals surface area contributed by atoms with E-state index >= 15 is 0 Å². The molecule has 3 rings (SSSR count). The zero-order chi connectivity index (χ0) is 16.4. The lowest BCUT2D eigenvalue weighted by atomic mass is 10.1. The van der Waals surface area contributed by atoms with Gasteiger partial charge in [-0.25, -0.2) is 9.78 Å². The predicted molar refractivity (Wildman–Crippen MR) is 89.8 cm³/mol. The highest BCUT2D eigenvalue weighted by Crippen LogP contribution is 2.17. The second-order valence-electron chi connectivity index (χ2n) is 6.04. The molecule has 1 unspecified atom stereocenters. The lowest BCUT2D eigenvalue weighted by Gasteiger charge is -2.34. The number of carbonyl (C=O) groups excluding carboxylic acids is 1. The number of para-hydroxylation sites is 1. The van der Waals surface area contributed by atoms with Crippen LogP contribution < -0.4 is 15.8 Å². The SMILES string of the molecule is CN(C)C(=O)NC1CCCN(c2nc3ccccc3c(=O)[nH]2)C1. The van der Waals surface area contributed by atoms with E-state index in [1.54, 1.807) is 20.2 Å². The van der Waals surface area contributed by atoms with Crippen LogP contribution >= 0.6 is 0 Å². The van der Waals surface area contributed by atoms with Gasteiger partial charge in [0, 0.05) is 33.2 Å². The van der Waals surface area contributed by atoms with Gasteiger partial charge in [-0.2, -0.15) is 0 Å². The Morgan fingerprint density at radius 2 is 2.17 bits per heavy atom. The lowest BCUT2D eigenvalue weighted by molar-refractivity contribution is 0.211. The van der Waals surface area contributed by atoms with Gasteiger partial charge in [0.15, 0.2) is 0 Å². The highest BCUT2D eigenvalue weighted by molar-refractivity contribution is 5.78. The van der Waals surface area contributed by atoms with Crippen LogP contribution in [-0.4, -0.2) is 54.1 Å². The summed E-state index contributed by atoms with van der Waals surface area (Å²) >= 11 is 0. The van der Waals surface area contributed by atoms with Gasteiger partial charge in [-0.3, -0.25) is 9.78 Å². The van der Waals surface area contributed by atoms with Gasteiger partial charge in [-0.15, -0.1) is 0 Å². The summed E-state index contributed by atoms with van der Waals surface area (Å²) in [5.74, 6) is 0.567. The first-order valence-corrected chi connectivity index (χ1v) is 7.76. The third-order valence-corrected chi connectivity index (χ3v) is 4.06. The number of rotatable bonds is 2. The minimum Gasteiger partial charge on any atom is -0.340 e. The van der Waals surface area contributed by atoms with Crippen molar-refractivity contribution < 1.29 is 4.79 Å². The van der Waals surface area contributed by atoms with E-state index in [4.69, 9.17) is 0 Å². The Bertz CT molecular complexity index is 770. The van der Waals surface area contributed by atoms with Crippen LogP contribution in [0, 0.1) is 0 Å². The Kier molecular flexibility index (Phi) is 4.18. The topological polar surface area (TPSA) is 81.3 Å².